The van der Waals surface area contributed by atoms with Gasteiger partial charge in [0.15, 0.2) is 5.78 Å². The van der Waals surface area contributed by atoms with Gasteiger partial charge in [-0.15, -0.1) is 0 Å². The highest BCUT2D eigenvalue weighted by Crippen LogP contribution is 2.14. The lowest BCUT2D eigenvalue weighted by Gasteiger charge is -2.04. The fraction of sp³-hybridized carbons (Fsp3) is 0.385. The third-order valence-electron chi connectivity index (χ3n) is 2.90. The van der Waals surface area contributed by atoms with Gasteiger partial charge in [-0.05, 0) is 27.7 Å². The standard InChI is InChI=1S/C13H16N4O/c1-8-13(10(3)18)9(2)17(16-8)7-12-5-14-11(4)15-6-12/h5-6H,7H2,1-4H3. The second-order valence-corrected chi connectivity index (χ2v) is 4.40. The molecule has 0 aromatic carbocycles. The first-order chi connectivity index (χ1) is 8.49. The predicted octanol–water partition coefficient (Wildman–Crippen LogP) is 1.85. The predicted molar refractivity (Wildman–Crippen MR) is 67.6 cm³/mol. The first-order valence-corrected chi connectivity index (χ1v) is 5.81. The van der Waals surface area contributed by atoms with E-state index in [1.807, 2.05) is 25.5 Å². The van der Waals surface area contributed by atoms with Crippen molar-refractivity contribution in [1.82, 2.24) is 19.7 Å². The zero-order valence-corrected chi connectivity index (χ0v) is 11.1. The number of carbonyl (C=O) groups excluding carboxylic acids is 1. The number of rotatable bonds is 3. The summed E-state index contributed by atoms with van der Waals surface area (Å²) in [5, 5.41) is 4.39. The number of ketones is 1. The van der Waals surface area contributed by atoms with E-state index in [0.29, 0.717) is 12.1 Å². The molecule has 94 valence electrons. The maximum Gasteiger partial charge on any atom is 0.163 e. The molecule has 0 unspecified atom stereocenters. The molecule has 0 spiro atoms. The molecule has 0 radical (unpaired) electrons. The molecule has 0 N–H and O–H groups in total. The Balaban J connectivity index is 2.33. The summed E-state index contributed by atoms with van der Waals surface area (Å²) in [5.74, 6) is 0.799. The Labute approximate surface area is 106 Å². The summed E-state index contributed by atoms with van der Waals surface area (Å²) in [6.07, 6.45) is 3.57. The van der Waals surface area contributed by atoms with Crippen molar-refractivity contribution in [3.05, 3.63) is 40.7 Å². The van der Waals surface area contributed by atoms with E-state index < -0.39 is 0 Å². The highest BCUT2D eigenvalue weighted by Gasteiger charge is 2.15. The Morgan fingerprint density at radius 2 is 1.83 bits per heavy atom. The van der Waals surface area contributed by atoms with Crippen molar-refractivity contribution in [2.45, 2.75) is 34.2 Å². The Morgan fingerprint density at radius 3 is 2.33 bits per heavy atom. The van der Waals surface area contributed by atoms with Crippen LogP contribution in [0.25, 0.3) is 0 Å². The summed E-state index contributed by atoms with van der Waals surface area (Å²) in [6.45, 7) is 7.76. The molecule has 2 rings (SSSR count). The molecule has 0 atom stereocenters. The first kappa shape index (κ1) is 12.4. The number of carbonyl (C=O) groups is 1. The molecule has 0 saturated carbocycles. The lowest BCUT2D eigenvalue weighted by atomic mass is 10.1. The van der Waals surface area contributed by atoms with Crippen LogP contribution in [0.1, 0.15) is 40.1 Å². The van der Waals surface area contributed by atoms with Gasteiger partial charge in [0.2, 0.25) is 0 Å². The Bertz CT molecular complexity index is 584. The Kier molecular flexibility index (Phi) is 3.23. The number of nitrogens with zero attached hydrogens (tertiary/aromatic N) is 4. The molecule has 18 heavy (non-hydrogen) atoms. The third-order valence-corrected chi connectivity index (χ3v) is 2.90. The van der Waals surface area contributed by atoms with E-state index in [1.54, 1.807) is 19.3 Å². The number of hydrogen-bond donors (Lipinski definition) is 0. The normalized spacial score (nSPS) is 10.7. The molecule has 5 heteroatoms. The molecular formula is C13H16N4O. The van der Waals surface area contributed by atoms with Gasteiger partial charge in [-0.1, -0.05) is 0 Å². The largest absolute Gasteiger partial charge is 0.294 e. The van der Waals surface area contributed by atoms with E-state index in [0.717, 1.165) is 22.8 Å². The van der Waals surface area contributed by atoms with Gasteiger partial charge in [-0.3, -0.25) is 9.48 Å². The van der Waals surface area contributed by atoms with Crippen molar-refractivity contribution < 1.29 is 4.79 Å². The quantitative estimate of drug-likeness (QED) is 0.773. The van der Waals surface area contributed by atoms with Gasteiger partial charge in [0.05, 0.1) is 17.8 Å². The summed E-state index contributed by atoms with van der Waals surface area (Å²) in [6, 6.07) is 0. The highest BCUT2D eigenvalue weighted by atomic mass is 16.1. The van der Waals surface area contributed by atoms with E-state index in [9.17, 15) is 4.79 Å². The summed E-state index contributed by atoms with van der Waals surface area (Å²) < 4.78 is 1.82. The monoisotopic (exact) mass is 244 g/mol. The highest BCUT2D eigenvalue weighted by molar-refractivity contribution is 5.96. The average Bonchev–Trinajstić information content (AvgIpc) is 2.57. The van der Waals surface area contributed by atoms with Crippen LogP contribution >= 0.6 is 0 Å². The van der Waals surface area contributed by atoms with Crippen LogP contribution in [0.3, 0.4) is 0 Å². The minimum absolute atomic E-state index is 0.0522. The van der Waals surface area contributed by atoms with Gasteiger partial charge in [0.25, 0.3) is 0 Å². The molecule has 5 nitrogen and oxygen atoms in total. The Hall–Kier alpha value is -2.04. The summed E-state index contributed by atoms with van der Waals surface area (Å²) >= 11 is 0. The van der Waals surface area contributed by atoms with Crippen molar-refractivity contribution in [2.75, 3.05) is 0 Å². The molecule has 0 fully saturated rings. The van der Waals surface area contributed by atoms with Gasteiger partial charge in [-0.25, -0.2) is 9.97 Å². The number of aryl methyl sites for hydroxylation is 2. The van der Waals surface area contributed by atoms with Gasteiger partial charge in [0, 0.05) is 23.7 Å². The molecule has 0 bridgehead atoms. The van der Waals surface area contributed by atoms with Crippen molar-refractivity contribution >= 4 is 5.78 Å². The first-order valence-electron chi connectivity index (χ1n) is 5.81. The van der Waals surface area contributed by atoms with Gasteiger partial charge in [-0.2, -0.15) is 5.10 Å². The maximum absolute atomic E-state index is 11.5. The number of Topliss-reactive ketones (excluding diaryl/α,β-unsaturated/α-hetero) is 1. The minimum atomic E-state index is 0.0522. The molecule has 0 aliphatic rings. The second kappa shape index (κ2) is 4.68. The number of aromatic nitrogens is 4. The zero-order chi connectivity index (χ0) is 13.3. The van der Waals surface area contributed by atoms with E-state index in [-0.39, 0.29) is 5.78 Å². The van der Waals surface area contributed by atoms with Crippen LogP contribution in [-0.4, -0.2) is 25.5 Å². The van der Waals surface area contributed by atoms with E-state index in [1.165, 1.54) is 0 Å². The van der Waals surface area contributed by atoms with Crippen LogP contribution in [0, 0.1) is 20.8 Å². The van der Waals surface area contributed by atoms with Crippen molar-refractivity contribution in [3.8, 4) is 0 Å². The Morgan fingerprint density at radius 1 is 1.22 bits per heavy atom. The fourth-order valence-electron chi connectivity index (χ4n) is 2.03. The van der Waals surface area contributed by atoms with Crippen molar-refractivity contribution in [2.24, 2.45) is 0 Å². The van der Waals surface area contributed by atoms with E-state index in [2.05, 4.69) is 15.1 Å². The fourth-order valence-corrected chi connectivity index (χ4v) is 2.03. The average molecular weight is 244 g/mol. The lowest BCUT2D eigenvalue weighted by molar-refractivity contribution is 0.101. The van der Waals surface area contributed by atoms with Gasteiger partial charge >= 0.3 is 0 Å². The molecule has 0 aliphatic heterocycles. The molecule has 0 saturated heterocycles. The smallest absolute Gasteiger partial charge is 0.163 e. The molecule has 2 aromatic heterocycles. The van der Waals surface area contributed by atoms with Crippen LogP contribution in [0.5, 0.6) is 0 Å². The summed E-state index contributed by atoms with van der Waals surface area (Å²) in [4.78, 5) is 19.8. The van der Waals surface area contributed by atoms with Crippen molar-refractivity contribution in [3.63, 3.8) is 0 Å². The number of hydrogen-bond acceptors (Lipinski definition) is 4. The van der Waals surface area contributed by atoms with Crippen LogP contribution in [0.4, 0.5) is 0 Å². The van der Waals surface area contributed by atoms with Crippen LogP contribution in [-0.2, 0) is 6.54 Å². The molecule has 0 aliphatic carbocycles. The molecular weight excluding hydrogens is 228 g/mol. The molecule has 2 heterocycles. The summed E-state index contributed by atoms with van der Waals surface area (Å²) in [7, 11) is 0. The van der Waals surface area contributed by atoms with Crippen LogP contribution < -0.4 is 0 Å². The SMILES string of the molecule is CC(=O)c1c(C)nn(Cc2cnc(C)nc2)c1C. The van der Waals surface area contributed by atoms with E-state index >= 15 is 0 Å². The molecule has 2 aromatic rings. The molecule has 0 amide bonds. The van der Waals surface area contributed by atoms with Gasteiger partial charge in [0.1, 0.15) is 5.82 Å². The third kappa shape index (κ3) is 2.30. The maximum atomic E-state index is 11.5. The topological polar surface area (TPSA) is 60.7 Å². The van der Waals surface area contributed by atoms with Crippen LogP contribution in [0.2, 0.25) is 0 Å². The lowest BCUT2D eigenvalue weighted by Crippen LogP contribution is -2.06. The van der Waals surface area contributed by atoms with Gasteiger partial charge < -0.3 is 0 Å². The van der Waals surface area contributed by atoms with E-state index in [4.69, 9.17) is 0 Å². The van der Waals surface area contributed by atoms with Crippen molar-refractivity contribution in [1.29, 1.82) is 0 Å². The minimum Gasteiger partial charge on any atom is -0.294 e. The van der Waals surface area contributed by atoms with Crippen LogP contribution in [0.15, 0.2) is 12.4 Å². The zero-order valence-electron chi connectivity index (χ0n) is 11.1. The second-order valence-electron chi connectivity index (χ2n) is 4.40. The summed E-state index contributed by atoms with van der Waals surface area (Å²) in [5.41, 5.74) is 3.35.